The second kappa shape index (κ2) is 6.24. The summed E-state index contributed by atoms with van der Waals surface area (Å²) in [7, 11) is 1.87. The van der Waals surface area contributed by atoms with Crippen molar-refractivity contribution in [1.29, 1.82) is 0 Å². The molecule has 3 nitrogen and oxygen atoms in total. The molecule has 1 N–H and O–H groups in total. The Morgan fingerprint density at radius 3 is 2.38 bits per heavy atom. The second-order valence-electron chi connectivity index (χ2n) is 5.44. The van der Waals surface area contributed by atoms with Crippen LogP contribution >= 0.6 is 0 Å². The molecule has 0 spiro atoms. The Morgan fingerprint density at radius 1 is 1.31 bits per heavy atom. The van der Waals surface area contributed by atoms with Crippen LogP contribution in [0, 0.1) is 5.92 Å². The SMILES string of the molecule is CC1CCC(NCC(=O)N(C)C(C)C)CC1. The van der Waals surface area contributed by atoms with Gasteiger partial charge in [0.05, 0.1) is 6.54 Å². The number of carbonyl (C=O) groups is 1. The normalized spacial score (nSPS) is 25.8. The highest BCUT2D eigenvalue weighted by molar-refractivity contribution is 5.78. The van der Waals surface area contributed by atoms with E-state index in [1.807, 2.05) is 20.9 Å². The Hall–Kier alpha value is -0.570. The van der Waals surface area contributed by atoms with E-state index in [0.29, 0.717) is 18.6 Å². The Morgan fingerprint density at radius 2 is 1.88 bits per heavy atom. The summed E-state index contributed by atoms with van der Waals surface area (Å²) in [5.41, 5.74) is 0. The molecule has 0 aromatic carbocycles. The quantitative estimate of drug-likeness (QED) is 0.795. The highest BCUT2D eigenvalue weighted by Gasteiger charge is 2.19. The molecular formula is C13H26N2O. The summed E-state index contributed by atoms with van der Waals surface area (Å²) < 4.78 is 0. The molecule has 0 atom stereocenters. The van der Waals surface area contributed by atoms with E-state index >= 15 is 0 Å². The smallest absolute Gasteiger partial charge is 0.236 e. The second-order valence-corrected chi connectivity index (χ2v) is 5.44. The van der Waals surface area contributed by atoms with E-state index in [0.717, 1.165) is 5.92 Å². The molecule has 0 saturated heterocycles. The zero-order valence-corrected chi connectivity index (χ0v) is 11.1. The lowest BCUT2D eigenvalue weighted by atomic mass is 9.87. The lowest BCUT2D eigenvalue weighted by Crippen LogP contribution is -2.43. The Balaban J connectivity index is 2.22. The molecule has 1 aliphatic carbocycles. The van der Waals surface area contributed by atoms with Crippen LogP contribution in [0.5, 0.6) is 0 Å². The van der Waals surface area contributed by atoms with Gasteiger partial charge in [0, 0.05) is 19.1 Å². The van der Waals surface area contributed by atoms with Gasteiger partial charge in [-0.3, -0.25) is 4.79 Å². The third-order valence-electron chi connectivity index (χ3n) is 3.73. The van der Waals surface area contributed by atoms with Gasteiger partial charge >= 0.3 is 0 Å². The van der Waals surface area contributed by atoms with Gasteiger partial charge in [-0.2, -0.15) is 0 Å². The van der Waals surface area contributed by atoms with E-state index in [1.54, 1.807) is 4.90 Å². The van der Waals surface area contributed by atoms with E-state index in [-0.39, 0.29) is 5.91 Å². The fourth-order valence-corrected chi connectivity index (χ4v) is 2.11. The predicted octanol–water partition coefficient (Wildman–Crippen LogP) is 2.02. The molecule has 3 heteroatoms. The van der Waals surface area contributed by atoms with Crippen molar-refractivity contribution in [2.45, 2.75) is 58.5 Å². The van der Waals surface area contributed by atoms with E-state index in [1.165, 1.54) is 25.7 Å². The first-order valence-electron chi connectivity index (χ1n) is 6.49. The van der Waals surface area contributed by atoms with Crippen LogP contribution < -0.4 is 5.32 Å². The molecule has 0 heterocycles. The zero-order valence-electron chi connectivity index (χ0n) is 11.1. The number of amides is 1. The van der Waals surface area contributed by atoms with Crippen molar-refractivity contribution in [3.05, 3.63) is 0 Å². The maximum Gasteiger partial charge on any atom is 0.236 e. The molecule has 0 unspecified atom stereocenters. The van der Waals surface area contributed by atoms with E-state index in [4.69, 9.17) is 0 Å². The molecule has 0 aromatic rings. The number of likely N-dealkylation sites (N-methyl/N-ethyl adjacent to an activating group) is 1. The number of nitrogens with zero attached hydrogens (tertiary/aromatic N) is 1. The van der Waals surface area contributed by atoms with Crippen LogP contribution in [0.2, 0.25) is 0 Å². The van der Waals surface area contributed by atoms with Gasteiger partial charge in [-0.15, -0.1) is 0 Å². The summed E-state index contributed by atoms with van der Waals surface area (Å²) in [4.78, 5) is 13.6. The van der Waals surface area contributed by atoms with Crippen LogP contribution in [0.25, 0.3) is 0 Å². The van der Waals surface area contributed by atoms with Crippen LogP contribution in [0.15, 0.2) is 0 Å². The summed E-state index contributed by atoms with van der Waals surface area (Å²) in [5.74, 6) is 1.07. The zero-order chi connectivity index (χ0) is 12.1. The lowest BCUT2D eigenvalue weighted by Gasteiger charge is -2.28. The molecule has 94 valence electrons. The molecule has 1 fully saturated rings. The van der Waals surface area contributed by atoms with Gasteiger partial charge in [-0.25, -0.2) is 0 Å². The standard InChI is InChI=1S/C13H26N2O/c1-10(2)15(4)13(16)9-14-12-7-5-11(3)6-8-12/h10-12,14H,5-9H2,1-4H3. The molecule has 1 aliphatic rings. The third kappa shape index (κ3) is 4.12. The van der Waals surface area contributed by atoms with Crippen molar-refractivity contribution in [1.82, 2.24) is 10.2 Å². The monoisotopic (exact) mass is 226 g/mol. The summed E-state index contributed by atoms with van der Waals surface area (Å²) in [6.07, 6.45) is 5.04. The summed E-state index contributed by atoms with van der Waals surface area (Å²) in [6, 6.07) is 0.849. The molecule has 1 rings (SSSR count). The van der Waals surface area contributed by atoms with Gasteiger partial charge in [0.15, 0.2) is 0 Å². The molecular weight excluding hydrogens is 200 g/mol. The first kappa shape index (κ1) is 13.5. The van der Waals surface area contributed by atoms with E-state index < -0.39 is 0 Å². The minimum atomic E-state index is 0.202. The number of hydrogen-bond acceptors (Lipinski definition) is 2. The number of rotatable bonds is 4. The highest BCUT2D eigenvalue weighted by Crippen LogP contribution is 2.23. The first-order valence-corrected chi connectivity index (χ1v) is 6.49. The molecule has 0 bridgehead atoms. The minimum Gasteiger partial charge on any atom is -0.342 e. The topological polar surface area (TPSA) is 32.3 Å². The van der Waals surface area contributed by atoms with E-state index in [9.17, 15) is 4.79 Å². The van der Waals surface area contributed by atoms with Crippen molar-refractivity contribution in [2.24, 2.45) is 5.92 Å². The predicted molar refractivity (Wildman–Crippen MR) is 67.3 cm³/mol. The maximum absolute atomic E-state index is 11.8. The first-order chi connectivity index (χ1) is 7.50. The van der Waals surface area contributed by atoms with Gasteiger partial charge in [0.25, 0.3) is 0 Å². The highest BCUT2D eigenvalue weighted by atomic mass is 16.2. The van der Waals surface area contributed by atoms with Crippen molar-refractivity contribution in [3.8, 4) is 0 Å². The third-order valence-corrected chi connectivity index (χ3v) is 3.73. The number of nitrogens with one attached hydrogen (secondary N) is 1. The van der Waals surface area contributed by atoms with Crippen LogP contribution in [0.4, 0.5) is 0 Å². The fraction of sp³-hybridized carbons (Fsp3) is 0.923. The largest absolute Gasteiger partial charge is 0.342 e. The van der Waals surface area contributed by atoms with Crippen LogP contribution in [-0.4, -0.2) is 36.5 Å². The molecule has 1 saturated carbocycles. The molecule has 0 aromatic heterocycles. The summed E-state index contributed by atoms with van der Waals surface area (Å²) >= 11 is 0. The minimum absolute atomic E-state index is 0.202. The average Bonchev–Trinajstić information content (AvgIpc) is 2.26. The number of carbonyl (C=O) groups excluding carboxylic acids is 1. The van der Waals surface area contributed by atoms with Crippen LogP contribution in [0.3, 0.4) is 0 Å². The molecule has 1 amide bonds. The van der Waals surface area contributed by atoms with Gasteiger partial charge in [-0.05, 0) is 45.4 Å². The van der Waals surface area contributed by atoms with Crippen molar-refractivity contribution in [3.63, 3.8) is 0 Å². The Labute approximate surface area is 99.6 Å². The van der Waals surface area contributed by atoms with Crippen molar-refractivity contribution >= 4 is 5.91 Å². The van der Waals surface area contributed by atoms with Crippen LogP contribution in [-0.2, 0) is 4.79 Å². The molecule has 0 radical (unpaired) electrons. The maximum atomic E-state index is 11.8. The van der Waals surface area contributed by atoms with Crippen molar-refractivity contribution < 1.29 is 4.79 Å². The average molecular weight is 226 g/mol. The van der Waals surface area contributed by atoms with E-state index in [2.05, 4.69) is 12.2 Å². The molecule has 0 aliphatic heterocycles. The fourth-order valence-electron chi connectivity index (χ4n) is 2.11. The Kier molecular flexibility index (Phi) is 5.26. The Bertz CT molecular complexity index is 220. The van der Waals surface area contributed by atoms with Gasteiger partial charge in [0.1, 0.15) is 0 Å². The van der Waals surface area contributed by atoms with Gasteiger partial charge in [0.2, 0.25) is 5.91 Å². The summed E-state index contributed by atoms with van der Waals surface area (Å²) in [6.45, 7) is 6.89. The van der Waals surface area contributed by atoms with Gasteiger partial charge < -0.3 is 10.2 Å². The van der Waals surface area contributed by atoms with Crippen molar-refractivity contribution in [2.75, 3.05) is 13.6 Å². The summed E-state index contributed by atoms with van der Waals surface area (Å²) in [5, 5.41) is 3.39. The number of hydrogen-bond donors (Lipinski definition) is 1. The molecule has 16 heavy (non-hydrogen) atoms. The van der Waals surface area contributed by atoms with Gasteiger partial charge in [-0.1, -0.05) is 6.92 Å². The van der Waals surface area contributed by atoms with Crippen LogP contribution in [0.1, 0.15) is 46.5 Å². The lowest BCUT2D eigenvalue weighted by molar-refractivity contribution is -0.130.